The highest BCUT2D eigenvalue weighted by Crippen LogP contribution is 2.66. The van der Waals surface area contributed by atoms with Crippen LogP contribution >= 0.6 is 0 Å². The number of methoxy groups -OCH3 is 1. The first-order valence-electron chi connectivity index (χ1n) is 11.4. The summed E-state index contributed by atoms with van der Waals surface area (Å²) in [6, 6.07) is -2.72. The summed E-state index contributed by atoms with van der Waals surface area (Å²) in [5.41, 5.74) is -5.73. The van der Waals surface area contributed by atoms with Crippen LogP contribution in [0.25, 0.3) is 0 Å². The molecule has 7 atom stereocenters. The Labute approximate surface area is 200 Å². The van der Waals surface area contributed by atoms with Crippen LogP contribution in [0.4, 0.5) is 22.4 Å². The van der Waals surface area contributed by atoms with Gasteiger partial charge in [-0.1, -0.05) is 6.92 Å². The van der Waals surface area contributed by atoms with Crippen molar-refractivity contribution >= 4 is 16.1 Å². The molecule has 196 valence electrons. The van der Waals surface area contributed by atoms with Gasteiger partial charge in [0.15, 0.2) is 5.82 Å². The van der Waals surface area contributed by atoms with Gasteiger partial charge in [0.1, 0.15) is 5.82 Å². The molecule has 4 rings (SSSR count). The van der Waals surface area contributed by atoms with E-state index in [-0.39, 0.29) is 36.4 Å². The van der Waals surface area contributed by atoms with Crippen LogP contribution in [-0.2, 0) is 24.9 Å². The number of carbonyl (C=O) groups is 1. The van der Waals surface area contributed by atoms with Gasteiger partial charge in [0, 0.05) is 17.5 Å². The molecular weight excluding hydrogens is 496 g/mol. The largest absolute Gasteiger partial charge is 0.511 e. The van der Waals surface area contributed by atoms with Crippen LogP contribution < -0.4 is 4.72 Å². The summed E-state index contributed by atoms with van der Waals surface area (Å²) in [6.07, 6.45) is 3.21. The maximum Gasteiger partial charge on any atom is 0.511 e. The highest BCUT2D eigenvalue weighted by Gasteiger charge is 2.66. The zero-order valence-corrected chi connectivity index (χ0v) is 20.3. The molecule has 3 fully saturated rings. The van der Waals surface area contributed by atoms with Crippen molar-refractivity contribution < 1.29 is 40.2 Å². The van der Waals surface area contributed by atoms with Crippen molar-refractivity contribution in [1.29, 1.82) is 0 Å². The Morgan fingerprint density at radius 1 is 1.26 bits per heavy atom. The maximum absolute atomic E-state index is 13.3. The molecule has 0 spiro atoms. The third-order valence-corrected chi connectivity index (χ3v) is 9.02. The van der Waals surface area contributed by atoms with Crippen LogP contribution in [0.15, 0.2) is 12.4 Å². The molecule has 1 saturated heterocycles. The highest BCUT2D eigenvalue weighted by molar-refractivity contribution is 7.90. The van der Waals surface area contributed by atoms with Gasteiger partial charge in [0.2, 0.25) is 0 Å². The van der Waals surface area contributed by atoms with E-state index >= 15 is 0 Å². The van der Waals surface area contributed by atoms with Gasteiger partial charge in [-0.3, -0.25) is 4.90 Å². The number of alkyl halides is 3. The number of nitrogens with one attached hydrogen (secondary N) is 1. The molecule has 9 nitrogen and oxygen atoms in total. The number of amides is 1. The monoisotopic (exact) mass is 524 g/mol. The molecule has 3 aliphatic rings. The summed E-state index contributed by atoms with van der Waals surface area (Å²) in [5.74, 6) is 0.540. The summed E-state index contributed by atoms with van der Waals surface area (Å²) in [5, 5.41) is 0. The van der Waals surface area contributed by atoms with E-state index in [2.05, 4.69) is 16.9 Å². The number of sulfonamides is 1. The fourth-order valence-corrected chi connectivity index (χ4v) is 6.73. The van der Waals surface area contributed by atoms with E-state index in [1.165, 1.54) is 4.90 Å². The molecule has 2 heterocycles. The number of hydrogen-bond donors (Lipinski definition) is 1. The van der Waals surface area contributed by atoms with E-state index in [9.17, 15) is 30.8 Å². The Balaban J connectivity index is 1.44. The van der Waals surface area contributed by atoms with Crippen molar-refractivity contribution in [3.63, 3.8) is 0 Å². The van der Waals surface area contributed by atoms with E-state index in [1.54, 1.807) is 11.6 Å². The van der Waals surface area contributed by atoms with Crippen LogP contribution in [0, 0.1) is 17.7 Å². The molecule has 2 aliphatic carbocycles. The van der Waals surface area contributed by atoms with E-state index in [0.29, 0.717) is 25.1 Å². The Morgan fingerprint density at radius 2 is 1.91 bits per heavy atom. The van der Waals surface area contributed by atoms with Gasteiger partial charge < -0.3 is 9.47 Å². The standard InChI is InChI=1S/C21H28F4N4O5S/c1-11-6-16(28-35(31,32)21(23,24)25)17(29(11)19(30)33-3)10-34-14-4-5-20(12(2)15(20)7-14)18-26-8-13(22)9-27-18/h8-9,11-12,14-17,28H,4-7,10H2,1-3H3/t11-,12+,14+,15-,16+,17+,20-/m1/s1. The van der Waals surface area contributed by atoms with Crippen molar-refractivity contribution in [2.45, 2.75) is 74.7 Å². The summed E-state index contributed by atoms with van der Waals surface area (Å²) in [7, 11) is -4.47. The second-order valence-corrected chi connectivity index (χ2v) is 11.3. The lowest BCUT2D eigenvalue weighted by Crippen LogP contribution is -2.52. The molecular formula is C21H28F4N4O5S. The number of ether oxygens (including phenoxy) is 2. The zero-order chi connectivity index (χ0) is 25.8. The third kappa shape index (κ3) is 4.59. The maximum atomic E-state index is 13.3. The lowest BCUT2D eigenvalue weighted by molar-refractivity contribution is -0.0456. The Bertz CT molecular complexity index is 1060. The van der Waals surface area contributed by atoms with E-state index in [4.69, 9.17) is 9.47 Å². The van der Waals surface area contributed by atoms with Crippen LogP contribution in [0.1, 0.15) is 45.4 Å². The lowest BCUT2D eigenvalue weighted by Gasteiger charge is -2.32. The fraction of sp³-hybridized carbons (Fsp3) is 0.762. The average molecular weight is 525 g/mol. The number of nitrogens with zero attached hydrogens (tertiary/aromatic N) is 3. The van der Waals surface area contributed by atoms with Crippen molar-refractivity contribution in [3.8, 4) is 0 Å². The number of likely N-dealkylation sites (tertiary alicyclic amines) is 1. The molecule has 1 aliphatic heterocycles. The lowest BCUT2D eigenvalue weighted by atomic mass is 9.85. The van der Waals surface area contributed by atoms with Crippen molar-refractivity contribution in [2.24, 2.45) is 11.8 Å². The zero-order valence-electron chi connectivity index (χ0n) is 19.5. The van der Waals surface area contributed by atoms with Crippen LogP contribution in [0.2, 0.25) is 0 Å². The first-order valence-corrected chi connectivity index (χ1v) is 12.8. The Hall–Kier alpha value is -2.06. The molecule has 1 amide bonds. The first kappa shape index (κ1) is 26.0. The summed E-state index contributed by atoms with van der Waals surface area (Å²) in [6.45, 7) is 3.52. The summed E-state index contributed by atoms with van der Waals surface area (Å²) >= 11 is 0. The van der Waals surface area contributed by atoms with E-state index in [0.717, 1.165) is 19.5 Å². The Kier molecular flexibility index (Phi) is 6.77. The predicted molar refractivity (Wildman–Crippen MR) is 114 cm³/mol. The molecule has 2 saturated carbocycles. The minimum absolute atomic E-state index is 0.0201. The molecule has 1 aromatic heterocycles. The topological polar surface area (TPSA) is 111 Å². The van der Waals surface area contributed by atoms with Crippen LogP contribution in [0.3, 0.4) is 0 Å². The van der Waals surface area contributed by atoms with Crippen molar-refractivity contribution in [2.75, 3.05) is 13.7 Å². The van der Waals surface area contributed by atoms with Gasteiger partial charge in [-0.25, -0.2) is 32.3 Å². The van der Waals surface area contributed by atoms with E-state index in [1.807, 2.05) is 0 Å². The fourth-order valence-electron chi connectivity index (χ4n) is 5.94. The van der Waals surface area contributed by atoms with Crippen LogP contribution in [-0.4, -0.2) is 72.8 Å². The first-order chi connectivity index (χ1) is 16.3. The molecule has 0 radical (unpaired) electrons. The number of hydrogen-bond acceptors (Lipinski definition) is 7. The SMILES string of the molecule is COC(=O)N1[C@H](C)C[C@H](NS(=O)(=O)C(F)(F)F)[C@@H]1CO[C@H]1CC[C@]2(c3ncc(F)cn3)[C@H](C1)[C@@H]2C. The van der Waals surface area contributed by atoms with Crippen LogP contribution in [0.5, 0.6) is 0 Å². The van der Waals surface area contributed by atoms with Gasteiger partial charge in [-0.15, -0.1) is 0 Å². The van der Waals surface area contributed by atoms with Crippen molar-refractivity contribution in [3.05, 3.63) is 24.0 Å². The van der Waals surface area contributed by atoms with E-state index < -0.39 is 45.6 Å². The number of fused-ring (bicyclic) bond motifs is 1. The molecule has 1 N–H and O–H groups in total. The second kappa shape index (κ2) is 9.11. The van der Waals surface area contributed by atoms with Crippen molar-refractivity contribution in [1.82, 2.24) is 19.6 Å². The van der Waals surface area contributed by atoms with Gasteiger partial charge in [0.25, 0.3) is 0 Å². The summed E-state index contributed by atoms with van der Waals surface area (Å²) < 4.78 is 88.2. The van der Waals surface area contributed by atoms with Gasteiger partial charge in [0.05, 0.1) is 38.3 Å². The predicted octanol–water partition coefficient (Wildman–Crippen LogP) is 2.73. The number of halogens is 4. The quantitative estimate of drug-likeness (QED) is 0.570. The molecule has 1 aromatic rings. The van der Waals surface area contributed by atoms with Gasteiger partial charge >= 0.3 is 21.6 Å². The molecule has 0 unspecified atom stereocenters. The summed E-state index contributed by atoms with van der Waals surface area (Å²) in [4.78, 5) is 21.9. The van der Waals surface area contributed by atoms with Gasteiger partial charge in [-0.05, 0) is 44.4 Å². The molecule has 35 heavy (non-hydrogen) atoms. The number of carbonyl (C=O) groups excluding carboxylic acids is 1. The molecule has 0 aromatic carbocycles. The van der Waals surface area contributed by atoms with Gasteiger partial charge in [-0.2, -0.15) is 13.2 Å². The third-order valence-electron chi connectivity index (χ3n) is 7.79. The second-order valence-electron chi connectivity index (χ2n) is 9.59. The number of aromatic nitrogens is 2. The smallest absolute Gasteiger partial charge is 0.453 e. The normalized spacial score (nSPS) is 35.0. The average Bonchev–Trinajstić information content (AvgIpc) is 3.25. The molecule has 0 bridgehead atoms. The minimum atomic E-state index is -5.61. The number of rotatable bonds is 6. The highest BCUT2D eigenvalue weighted by atomic mass is 32.2. The molecule has 14 heteroatoms. The Morgan fingerprint density at radius 3 is 2.49 bits per heavy atom. The minimum Gasteiger partial charge on any atom is -0.453 e.